The van der Waals surface area contributed by atoms with E-state index in [0.717, 1.165) is 25.7 Å². The molecule has 2 aliphatic rings. The molecular formula is C14H19N3O3S. The van der Waals surface area contributed by atoms with Gasteiger partial charge in [-0.3, -0.25) is 4.79 Å². The minimum absolute atomic E-state index is 0.200. The molecule has 0 bridgehead atoms. The fraction of sp³-hybridized carbons (Fsp3) is 0.571. The van der Waals surface area contributed by atoms with Crippen molar-refractivity contribution in [2.24, 2.45) is 0 Å². The fourth-order valence-corrected chi connectivity index (χ4v) is 3.10. The average molecular weight is 309 g/mol. The third kappa shape index (κ3) is 3.12. The molecule has 0 saturated heterocycles. The number of anilines is 2. The lowest BCUT2D eigenvalue weighted by Gasteiger charge is -2.06. The number of nitrogens with one attached hydrogen (secondary N) is 2. The van der Waals surface area contributed by atoms with E-state index in [4.69, 9.17) is 10.5 Å². The number of amides is 1. The van der Waals surface area contributed by atoms with Crippen molar-refractivity contribution >= 4 is 33.9 Å². The van der Waals surface area contributed by atoms with Gasteiger partial charge in [-0.05, 0) is 32.6 Å². The number of carbonyl (C=O) groups excluding carboxylic acids is 2. The second kappa shape index (κ2) is 5.55. The number of ether oxygens (including phenoxy) is 1. The Morgan fingerprint density at radius 2 is 1.95 bits per heavy atom. The number of carbonyl (C=O) groups is 2. The highest BCUT2D eigenvalue weighted by molar-refractivity contribution is 7.19. The average Bonchev–Trinajstić information content (AvgIpc) is 3.32. The van der Waals surface area contributed by atoms with Gasteiger partial charge in [0.05, 0.1) is 12.3 Å². The van der Waals surface area contributed by atoms with E-state index in [0.29, 0.717) is 21.5 Å². The Kier molecular flexibility index (Phi) is 3.75. The van der Waals surface area contributed by atoms with Gasteiger partial charge in [-0.25, -0.2) is 4.79 Å². The number of thiophene rings is 1. The maximum absolute atomic E-state index is 12.2. The van der Waals surface area contributed by atoms with Gasteiger partial charge in [0.1, 0.15) is 15.4 Å². The van der Waals surface area contributed by atoms with Crippen molar-refractivity contribution in [2.75, 3.05) is 17.7 Å². The Hall–Kier alpha value is -1.76. The molecule has 2 saturated carbocycles. The number of esters is 1. The molecule has 1 aromatic heterocycles. The van der Waals surface area contributed by atoms with Crippen LogP contribution in [0.25, 0.3) is 0 Å². The molecule has 0 atom stereocenters. The van der Waals surface area contributed by atoms with Crippen molar-refractivity contribution < 1.29 is 14.3 Å². The van der Waals surface area contributed by atoms with Crippen molar-refractivity contribution in [2.45, 2.75) is 44.7 Å². The third-order valence-corrected chi connectivity index (χ3v) is 4.59. The Morgan fingerprint density at radius 1 is 1.29 bits per heavy atom. The van der Waals surface area contributed by atoms with Gasteiger partial charge in [-0.2, -0.15) is 0 Å². The summed E-state index contributed by atoms with van der Waals surface area (Å²) in [4.78, 5) is 24.7. The van der Waals surface area contributed by atoms with Crippen LogP contribution in [0.2, 0.25) is 0 Å². The molecular weight excluding hydrogens is 290 g/mol. The molecule has 6 nitrogen and oxygen atoms in total. The van der Waals surface area contributed by atoms with E-state index in [1.165, 1.54) is 11.3 Å². The molecule has 3 rings (SSSR count). The first-order valence-electron chi connectivity index (χ1n) is 7.27. The van der Waals surface area contributed by atoms with E-state index in [9.17, 15) is 9.59 Å². The molecule has 0 aliphatic heterocycles. The zero-order valence-electron chi connectivity index (χ0n) is 11.9. The predicted molar refractivity (Wildman–Crippen MR) is 81.8 cm³/mol. The molecule has 2 fully saturated rings. The minimum Gasteiger partial charge on any atom is -0.462 e. The van der Waals surface area contributed by atoms with E-state index >= 15 is 0 Å². The lowest BCUT2D eigenvalue weighted by atomic mass is 10.2. The maximum Gasteiger partial charge on any atom is 0.343 e. The molecule has 0 spiro atoms. The van der Waals surface area contributed by atoms with Crippen molar-refractivity contribution in [1.82, 2.24) is 5.32 Å². The van der Waals surface area contributed by atoms with Crippen LogP contribution in [0.4, 0.5) is 10.7 Å². The van der Waals surface area contributed by atoms with Gasteiger partial charge in [0.15, 0.2) is 0 Å². The first kappa shape index (κ1) is 14.2. The molecule has 1 heterocycles. The van der Waals surface area contributed by atoms with Crippen LogP contribution in [-0.2, 0) is 4.74 Å². The summed E-state index contributed by atoms with van der Waals surface area (Å²) < 4.78 is 5.05. The molecule has 1 aromatic rings. The highest BCUT2D eigenvalue weighted by atomic mass is 32.1. The smallest absolute Gasteiger partial charge is 0.343 e. The van der Waals surface area contributed by atoms with Gasteiger partial charge >= 0.3 is 5.97 Å². The summed E-state index contributed by atoms with van der Waals surface area (Å²) in [7, 11) is 0. The summed E-state index contributed by atoms with van der Waals surface area (Å²) in [5.74, 6) is -0.672. The summed E-state index contributed by atoms with van der Waals surface area (Å²) in [5, 5.41) is 6.82. The molecule has 0 unspecified atom stereocenters. The summed E-state index contributed by atoms with van der Waals surface area (Å²) in [6.45, 7) is 2.02. The van der Waals surface area contributed by atoms with Gasteiger partial charge in [0.25, 0.3) is 5.91 Å². The van der Waals surface area contributed by atoms with Crippen LogP contribution in [0.5, 0.6) is 0 Å². The van der Waals surface area contributed by atoms with E-state index in [-0.39, 0.29) is 24.2 Å². The monoisotopic (exact) mass is 309 g/mol. The van der Waals surface area contributed by atoms with Crippen molar-refractivity contribution in [3.8, 4) is 0 Å². The molecule has 7 heteroatoms. The summed E-state index contributed by atoms with van der Waals surface area (Å²) in [6, 6.07) is 0.625. The van der Waals surface area contributed by atoms with Gasteiger partial charge in [0, 0.05) is 12.1 Å². The van der Waals surface area contributed by atoms with Crippen molar-refractivity contribution in [3.05, 3.63) is 10.4 Å². The quantitative estimate of drug-likeness (QED) is 0.699. The normalized spacial score (nSPS) is 17.4. The second-order valence-electron chi connectivity index (χ2n) is 5.44. The van der Waals surface area contributed by atoms with Crippen LogP contribution in [0.3, 0.4) is 0 Å². The van der Waals surface area contributed by atoms with Crippen LogP contribution in [0, 0.1) is 0 Å². The molecule has 114 valence electrons. The highest BCUT2D eigenvalue weighted by Crippen LogP contribution is 2.39. The number of hydrogen-bond acceptors (Lipinski definition) is 6. The van der Waals surface area contributed by atoms with E-state index < -0.39 is 5.97 Å². The lowest BCUT2D eigenvalue weighted by Crippen LogP contribution is -2.25. The molecule has 0 aromatic carbocycles. The van der Waals surface area contributed by atoms with Crippen molar-refractivity contribution in [3.63, 3.8) is 0 Å². The Balaban J connectivity index is 1.88. The van der Waals surface area contributed by atoms with Gasteiger partial charge in [-0.1, -0.05) is 0 Å². The Bertz CT molecular complexity index is 576. The minimum atomic E-state index is -0.472. The highest BCUT2D eigenvalue weighted by Gasteiger charge is 2.32. The van der Waals surface area contributed by atoms with E-state index in [1.54, 1.807) is 6.92 Å². The number of nitrogens with two attached hydrogens (primary N) is 1. The van der Waals surface area contributed by atoms with Crippen molar-refractivity contribution in [1.29, 1.82) is 0 Å². The second-order valence-corrected chi connectivity index (χ2v) is 6.46. The largest absolute Gasteiger partial charge is 0.462 e. The molecule has 4 N–H and O–H groups in total. The Labute approximate surface area is 127 Å². The topological polar surface area (TPSA) is 93.4 Å². The van der Waals surface area contributed by atoms with Crippen LogP contribution in [-0.4, -0.2) is 30.6 Å². The van der Waals surface area contributed by atoms with E-state index in [1.807, 2.05) is 0 Å². The number of hydrogen-bond donors (Lipinski definition) is 3. The molecule has 21 heavy (non-hydrogen) atoms. The standard InChI is InChI=1S/C14H19N3O3S/c1-2-20-14(19)9-10(15)11(12(18)16-7-3-4-7)21-13(9)17-8-5-6-8/h7-8,17H,2-6,15H2,1H3,(H,16,18). The summed E-state index contributed by atoms with van der Waals surface area (Å²) >= 11 is 1.24. The van der Waals surface area contributed by atoms with Crippen LogP contribution >= 0.6 is 11.3 Å². The van der Waals surface area contributed by atoms with E-state index in [2.05, 4.69) is 10.6 Å². The van der Waals surface area contributed by atoms with Crippen LogP contribution < -0.4 is 16.4 Å². The first-order chi connectivity index (χ1) is 10.1. The summed E-state index contributed by atoms with van der Waals surface area (Å²) in [5.41, 5.74) is 6.56. The van der Waals surface area contributed by atoms with Gasteiger partial charge < -0.3 is 21.1 Å². The number of nitrogen functional groups attached to an aromatic ring is 1. The summed E-state index contributed by atoms with van der Waals surface area (Å²) in [6.07, 6.45) is 4.16. The molecule has 2 aliphatic carbocycles. The molecule has 0 radical (unpaired) electrons. The lowest BCUT2D eigenvalue weighted by molar-refractivity contribution is 0.0529. The zero-order valence-corrected chi connectivity index (χ0v) is 12.7. The van der Waals surface area contributed by atoms with Gasteiger partial charge in [-0.15, -0.1) is 11.3 Å². The number of rotatable bonds is 6. The third-order valence-electron chi connectivity index (χ3n) is 3.46. The maximum atomic E-state index is 12.2. The van der Waals surface area contributed by atoms with Gasteiger partial charge in [0.2, 0.25) is 0 Å². The zero-order chi connectivity index (χ0) is 15.0. The van der Waals surface area contributed by atoms with Crippen LogP contribution in [0.15, 0.2) is 0 Å². The fourth-order valence-electron chi connectivity index (χ4n) is 2.01. The van der Waals surface area contributed by atoms with Crippen LogP contribution in [0.1, 0.15) is 52.6 Å². The molecule has 1 amide bonds. The Morgan fingerprint density at radius 3 is 2.52 bits per heavy atom. The predicted octanol–water partition coefficient (Wildman–Crippen LogP) is 1.97. The first-order valence-corrected chi connectivity index (χ1v) is 8.08. The SMILES string of the molecule is CCOC(=O)c1c(NC2CC2)sc(C(=O)NC2CC2)c1N.